The first-order valence-corrected chi connectivity index (χ1v) is 17.6. The van der Waals surface area contributed by atoms with E-state index in [0.29, 0.717) is 28.1 Å². The number of hydrogen-bond acceptors (Lipinski definition) is 8. The molecule has 6 aromatic rings. The highest BCUT2D eigenvalue weighted by atomic mass is 32.2. The fourth-order valence-corrected chi connectivity index (χ4v) is 8.44. The monoisotopic (exact) mass is 672 g/mol. The van der Waals surface area contributed by atoms with Crippen molar-refractivity contribution in [2.24, 2.45) is 0 Å². The first-order valence-electron chi connectivity index (χ1n) is 14.4. The number of amides is 1. The number of ketones is 2. The third-order valence-electron chi connectivity index (χ3n) is 7.67. The van der Waals surface area contributed by atoms with Gasteiger partial charge in [0.25, 0.3) is 5.91 Å². The van der Waals surface area contributed by atoms with Crippen molar-refractivity contribution >= 4 is 72.6 Å². The summed E-state index contributed by atoms with van der Waals surface area (Å²) in [6.07, 6.45) is 0. The largest absolute Gasteiger partial charge is 0.351 e. The second kappa shape index (κ2) is 12.5. The van der Waals surface area contributed by atoms with E-state index in [-0.39, 0.29) is 37.9 Å². The molecule has 1 heterocycles. The van der Waals surface area contributed by atoms with Crippen LogP contribution in [0.2, 0.25) is 0 Å². The summed E-state index contributed by atoms with van der Waals surface area (Å²) in [5.41, 5.74) is 2.23. The number of benzene rings is 5. The molecule has 1 aliphatic rings. The number of sulfone groups is 1. The highest BCUT2D eigenvalue weighted by Gasteiger charge is 2.33. The van der Waals surface area contributed by atoms with Crippen LogP contribution < -0.4 is 10.6 Å². The molecule has 0 radical (unpaired) electrons. The van der Waals surface area contributed by atoms with E-state index in [1.165, 1.54) is 47.4 Å². The first-order chi connectivity index (χ1) is 22.8. The molecule has 1 aliphatic carbocycles. The van der Waals surface area contributed by atoms with Crippen LogP contribution in [0.3, 0.4) is 0 Å². The highest BCUT2D eigenvalue weighted by molar-refractivity contribution is 8.05. The van der Waals surface area contributed by atoms with E-state index < -0.39 is 9.84 Å². The Hall–Kier alpha value is -5.29. The number of thiophene rings is 1. The van der Waals surface area contributed by atoms with Gasteiger partial charge >= 0.3 is 0 Å². The Bertz CT molecular complexity index is 2320. The van der Waals surface area contributed by atoms with Crippen LogP contribution in [-0.2, 0) is 9.84 Å². The standard InChI is InChI=1S/C37H24N2O5S3/c40-34-29-10-3-4-11-30(29)35(41)36(46-32-13-6-22-45-32)33(34)38-24-14-18-26(19-15-24)47(43,44)27-20-16-25(17-21-27)39-37(42)31-12-5-8-23-7-1-2-9-28(23)31/h1-22,38H,(H,39,42). The zero-order chi connectivity index (χ0) is 32.5. The molecule has 1 amide bonds. The topological polar surface area (TPSA) is 109 Å². The van der Waals surface area contributed by atoms with Gasteiger partial charge in [-0.25, -0.2) is 8.42 Å². The Morgan fingerprint density at radius 3 is 1.94 bits per heavy atom. The average molecular weight is 673 g/mol. The number of carbonyl (C=O) groups excluding carboxylic acids is 3. The van der Waals surface area contributed by atoms with E-state index >= 15 is 0 Å². The van der Waals surface area contributed by atoms with Gasteiger partial charge in [0.15, 0.2) is 0 Å². The lowest BCUT2D eigenvalue weighted by atomic mass is 9.92. The fraction of sp³-hybridized carbons (Fsp3) is 0. The minimum absolute atomic E-state index is 0.0501. The van der Waals surface area contributed by atoms with Gasteiger partial charge in [-0.1, -0.05) is 78.5 Å². The zero-order valence-corrected chi connectivity index (χ0v) is 26.9. The fourth-order valence-electron chi connectivity index (χ4n) is 5.32. The predicted octanol–water partition coefficient (Wildman–Crippen LogP) is 8.48. The van der Waals surface area contributed by atoms with Gasteiger partial charge in [0.05, 0.1) is 18.9 Å². The Morgan fingerprint density at radius 2 is 1.26 bits per heavy atom. The number of allylic oxidation sites excluding steroid dienone is 2. The van der Waals surface area contributed by atoms with Crippen LogP contribution >= 0.6 is 23.1 Å². The van der Waals surface area contributed by atoms with Gasteiger partial charge in [-0.3, -0.25) is 14.4 Å². The van der Waals surface area contributed by atoms with Gasteiger partial charge in [0.1, 0.15) is 5.70 Å². The highest BCUT2D eigenvalue weighted by Crippen LogP contribution is 2.39. The van der Waals surface area contributed by atoms with Gasteiger partial charge in [-0.2, -0.15) is 0 Å². The summed E-state index contributed by atoms with van der Waals surface area (Å²) in [5.74, 6) is -0.866. The Labute approximate surface area is 278 Å². The summed E-state index contributed by atoms with van der Waals surface area (Å²) < 4.78 is 27.8. The smallest absolute Gasteiger partial charge is 0.256 e. The maximum Gasteiger partial charge on any atom is 0.256 e. The van der Waals surface area contributed by atoms with E-state index in [2.05, 4.69) is 10.6 Å². The van der Waals surface area contributed by atoms with E-state index in [4.69, 9.17) is 0 Å². The van der Waals surface area contributed by atoms with Crippen molar-refractivity contribution in [3.8, 4) is 0 Å². The number of anilines is 2. The third kappa shape index (κ3) is 5.90. The van der Waals surface area contributed by atoms with Gasteiger partial charge in [-0.05, 0) is 76.8 Å². The molecule has 7 rings (SSSR count). The lowest BCUT2D eigenvalue weighted by molar-refractivity contribution is 0.0982. The molecule has 0 saturated carbocycles. The average Bonchev–Trinajstić information content (AvgIpc) is 3.62. The summed E-state index contributed by atoms with van der Waals surface area (Å²) >= 11 is 2.69. The van der Waals surface area contributed by atoms with Crippen molar-refractivity contribution in [1.82, 2.24) is 0 Å². The van der Waals surface area contributed by atoms with E-state index in [1.807, 2.05) is 53.9 Å². The predicted molar refractivity (Wildman–Crippen MR) is 186 cm³/mol. The minimum Gasteiger partial charge on any atom is -0.351 e. The van der Waals surface area contributed by atoms with Crippen LogP contribution in [0.15, 0.2) is 157 Å². The second-order valence-electron chi connectivity index (χ2n) is 10.6. The molecule has 0 saturated heterocycles. The Balaban J connectivity index is 1.10. The molecule has 0 bridgehead atoms. The first kappa shape index (κ1) is 30.4. The normalized spacial score (nSPS) is 13.0. The molecule has 0 fully saturated rings. The van der Waals surface area contributed by atoms with E-state index in [1.54, 1.807) is 54.6 Å². The third-order valence-corrected chi connectivity index (χ3v) is 11.6. The lowest BCUT2D eigenvalue weighted by Gasteiger charge is -2.21. The van der Waals surface area contributed by atoms with E-state index in [9.17, 15) is 22.8 Å². The van der Waals surface area contributed by atoms with Crippen LogP contribution in [0, 0.1) is 0 Å². The van der Waals surface area contributed by atoms with Crippen LogP contribution in [0.5, 0.6) is 0 Å². The van der Waals surface area contributed by atoms with Crippen molar-refractivity contribution in [3.05, 3.63) is 160 Å². The van der Waals surface area contributed by atoms with Crippen LogP contribution in [0.1, 0.15) is 31.1 Å². The molecule has 1 aromatic heterocycles. The maximum absolute atomic E-state index is 13.5. The van der Waals surface area contributed by atoms with Crippen LogP contribution in [0.4, 0.5) is 11.4 Å². The molecule has 0 aliphatic heterocycles. The maximum atomic E-state index is 13.5. The quantitative estimate of drug-likeness (QED) is 0.167. The van der Waals surface area contributed by atoms with Gasteiger partial charge in [0.2, 0.25) is 21.4 Å². The van der Waals surface area contributed by atoms with Gasteiger partial charge in [-0.15, -0.1) is 11.3 Å². The molecule has 7 nitrogen and oxygen atoms in total. The summed E-state index contributed by atoms with van der Waals surface area (Å²) in [5, 5.41) is 9.60. The minimum atomic E-state index is -3.90. The molecule has 0 atom stereocenters. The lowest BCUT2D eigenvalue weighted by Crippen LogP contribution is -2.25. The van der Waals surface area contributed by atoms with Crippen molar-refractivity contribution in [1.29, 1.82) is 0 Å². The number of fused-ring (bicyclic) bond motifs is 2. The number of rotatable bonds is 8. The van der Waals surface area contributed by atoms with Crippen molar-refractivity contribution in [2.45, 2.75) is 14.0 Å². The molecule has 0 unspecified atom stereocenters. The van der Waals surface area contributed by atoms with Crippen LogP contribution in [0.25, 0.3) is 10.8 Å². The molecule has 0 spiro atoms. The van der Waals surface area contributed by atoms with Crippen molar-refractivity contribution in [3.63, 3.8) is 0 Å². The van der Waals surface area contributed by atoms with Gasteiger partial charge in [0, 0.05) is 28.1 Å². The number of hydrogen-bond donors (Lipinski definition) is 2. The molecule has 10 heteroatoms. The Morgan fingerprint density at radius 1 is 0.638 bits per heavy atom. The summed E-state index contributed by atoms with van der Waals surface area (Å²) in [4.78, 5) is 40.4. The summed E-state index contributed by atoms with van der Waals surface area (Å²) in [7, 11) is -3.90. The number of thioether (sulfide) groups is 1. The molecule has 230 valence electrons. The van der Waals surface area contributed by atoms with Gasteiger partial charge < -0.3 is 10.6 Å². The van der Waals surface area contributed by atoms with E-state index in [0.717, 1.165) is 15.0 Å². The Kier molecular flexibility index (Phi) is 8.07. The molecular weight excluding hydrogens is 649 g/mol. The molecule has 47 heavy (non-hydrogen) atoms. The summed E-state index contributed by atoms with van der Waals surface area (Å²) in [6, 6.07) is 35.6. The number of carbonyl (C=O) groups is 3. The number of nitrogens with one attached hydrogen (secondary N) is 2. The van der Waals surface area contributed by atoms with Crippen molar-refractivity contribution in [2.75, 3.05) is 10.6 Å². The summed E-state index contributed by atoms with van der Waals surface area (Å²) in [6.45, 7) is 0. The molecular formula is C37H24N2O5S3. The molecule has 2 N–H and O–H groups in total. The SMILES string of the molecule is O=C1C(Nc2ccc(S(=O)(=O)c3ccc(NC(=O)c4cccc5ccccc45)cc3)cc2)=C(Sc2cccs2)C(=O)c2ccccc21. The van der Waals surface area contributed by atoms with Crippen molar-refractivity contribution < 1.29 is 22.8 Å². The van der Waals surface area contributed by atoms with Crippen LogP contribution in [-0.4, -0.2) is 25.9 Å². The molecule has 5 aromatic carbocycles. The second-order valence-corrected chi connectivity index (χ2v) is 14.8. The zero-order valence-electron chi connectivity index (χ0n) is 24.5. The number of Topliss-reactive ketones (excluding diaryl/α,β-unsaturated/α-hetero) is 2.